The largest absolute Gasteiger partial charge is 0.490 e. The summed E-state index contributed by atoms with van der Waals surface area (Å²) in [5, 5.41) is 4.17. The third-order valence-electron chi connectivity index (χ3n) is 6.26. The maximum Gasteiger partial charge on any atom is 0.303 e. The van der Waals surface area contributed by atoms with E-state index in [-0.39, 0.29) is 17.4 Å². The molecule has 0 bridgehead atoms. The Balaban J connectivity index is 1.48. The van der Waals surface area contributed by atoms with E-state index in [4.69, 9.17) is 9.47 Å². The average molecular weight is 504 g/mol. The summed E-state index contributed by atoms with van der Waals surface area (Å²) in [7, 11) is -1.30. The number of carbonyl (C=O) groups is 1. The molecule has 2 aliphatic rings. The van der Waals surface area contributed by atoms with Crippen LogP contribution in [-0.2, 0) is 10.2 Å². The van der Waals surface area contributed by atoms with Gasteiger partial charge in [-0.15, -0.1) is 0 Å². The first-order valence-corrected chi connectivity index (χ1v) is 12.8. The zero-order valence-electron chi connectivity index (χ0n) is 19.4. The first-order valence-electron chi connectivity index (χ1n) is 11.3. The van der Waals surface area contributed by atoms with Gasteiger partial charge in [-0.25, -0.2) is 13.6 Å². The van der Waals surface area contributed by atoms with Crippen LogP contribution in [0, 0.1) is 5.82 Å². The summed E-state index contributed by atoms with van der Waals surface area (Å²) in [5.74, 6) is -0.182. The van der Waals surface area contributed by atoms with Crippen molar-refractivity contribution in [3.8, 4) is 11.5 Å². The van der Waals surface area contributed by atoms with Gasteiger partial charge in [-0.1, -0.05) is 0 Å². The van der Waals surface area contributed by atoms with Crippen molar-refractivity contribution >= 4 is 27.3 Å². The van der Waals surface area contributed by atoms with Gasteiger partial charge in [-0.3, -0.25) is 4.79 Å². The highest BCUT2D eigenvalue weighted by atomic mass is 32.2. The van der Waals surface area contributed by atoms with Crippen LogP contribution in [0.15, 0.2) is 36.7 Å². The van der Waals surface area contributed by atoms with Crippen molar-refractivity contribution in [1.82, 2.24) is 18.6 Å². The molecule has 2 aromatic heterocycles. The fourth-order valence-electron chi connectivity index (χ4n) is 4.44. The predicted octanol–water partition coefficient (Wildman–Crippen LogP) is 2.51. The number of aromatic nitrogens is 2. The van der Waals surface area contributed by atoms with Crippen LogP contribution in [-0.4, -0.2) is 62.1 Å². The van der Waals surface area contributed by atoms with Crippen LogP contribution in [0.1, 0.15) is 41.2 Å². The standard InChI is InChI=1S/C23H26FN5O5S/c1-27(2)35(31,32)26-23(30)17-14-25-29-8-6-15(11-20(17)29)28-7-3-5-19(28)16-12-21-22(13-18(16)24)34-10-4-9-33-21/h6,8,11-14,19H,3-5,7,9-10H2,1-2H3,(H,26,30). The van der Waals surface area contributed by atoms with Crippen LogP contribution < -0.4 is 19.1 Å². The van der Waals surface area contributed by atoms with E-state index in [1.807, 2.05) is 10.8 Å². The second kappa shape index (κ2) is 9.00. The molecule has 0 spiro atoms. The van der Waals surface area contributed by atoms with Gasteiger partial charge in [-0.05, 0) is 31.0 Å². The molecule has 3 aromatic rings. The molecular weight excluding hydrogens is 477 g/mol. The molecule has 10 nitrogen and oxygen atoms in total. The molecule has 0 aliphatic carbocycles. The fourth-order valence-corrected chi connectivity index (χ4v) is 4.97. The first kappa shape index (κ1) is 23.4. The Kier molecular flexibility index (Phi) is 6.01. The molecule has 0 saturated carbocycles. The predicted molar refractivity (Wildman–Crippen MR) is 127 cm³/mol. The van der Waals surface area contributed by atoms with Crippen molar-refractivity contribution in [2.75, 3.05) is 38.8 Å². The molecule has 1 amide bonds. The van der Waals surface area contributed by atoms with E-state index in [0.29, 0.717) is 42.3 Å². The molecule has 1 N–H and O–H groups in total. The summed E-state index contributed by atoms with van der Waals surface area (Å²) >= 11 is 0. The number of nitrogens with one attached hydrogen (secondary N) is 1. The molecule has 12 heteroatoms. The highest BCUT2D eigenvalue weighted by molar-refractivity contribution is 7.87. The minimum atomic E-state index is -3.96. The molecule has 2 aliphatic heterocycles. The minimum absolute atomic E-state index is 0.120. The van der Waals surface area contributed by atoms with Crippen LogP contribution in [0.3, 0.4) is 0 Å². The van der Waals surface area contributed by atoms with Gasteiger partial charge in [0, 0.05) is 50.6 Å². The van der Waals surface area contributed by atoms with Crippen molar-refractivity contribution in [3.05, 3.63) is 53.6 Å². The molecular formula is C23H26FN5O5S. The Morgan fingerprint density at radius 2 is 1.91 bits per heavy atom. The molecule has 1 saturated heterocycles. The number of ether oxygens (including phenoxy) is 2. The van der Waals surface area contributed by atoms with E-state index >= 15 is 4.39 Å². The maximum atomic E-state index is 15.2. The lowest BCUT2D eigenvalue weighted by molar-refractivity contribution is 0.0981. The van der Waals surface area contributed by atoms with Gasteiger partial charge in [0.2, 0.25) is 0 Å². The topological polar surface area (TPSA) is 105 Å². The molecule has 1 aromatic carbocycles. The van der Waals surface area contributed by atoms with Gasteiger partial charge >= 0.3 is 10.2 Å². The number of hydrogen-bond acceptors (Lipinski definition) is 7. The zero-order valence-corrected chi connectivity index (χ0v) is 20.2. The van der Waals surface area contributed by atoms with E-state index in [2.05, 4.69) is 10.00 Å². The first-order chi connectivity index (χ1) is 16.7. The summed E-state index contributed by atoms with van der Waals surface area (Å²) in [6.45, 7) is 1.69. The average Bonchev–Trinajstić information content (AvgIpc) is 3.40. The van der Waals surface area contributed by atoms with E-state index in [9.17, 15) is 13.2 Å². The lowest BCUT2D eigenvalue weighted by atomic mass is 10.0. The lowest BCUT2D eigenvalue weighted by Gasteiger charge is -2.28. The van der Waals surface area contributed by atoms with E-state index in [0.717, 1.165) is 29.3 Å². The molecule has 4 heterocycles. The van der Waals surface area contributed by atoms with Crippen molar-refractivity contribution in [3.63, 3.8) is 0 Å². The van der Waals surface area contributed by atoms with Gasteiger partial charge < -0.3 is 14.4 Å². The Morgan fingerprint density at radius 3 is 2.66 bits per heavy atom. The fraction of sp³-hybridized carbons (Fsp3) is 0.391. The number of carbonyl (C=O) groups excluding carboxylic acids is 1. The van der Waals surface area contributed by atoms with Crippen LogP contribution in [0.25, 0.3) is 5.52 Å². The molecule has 0 radical (unpaired) electrons. The molecule has 35 heavy (non-hydrogen) atoms. The summed E-state index contributed by atoms with van der Waals surface area (Å²) < 4.78 is 55.2. The van der Waals surface area contributed by atoms with Crippen LogP contribution in [0.5, 0.6) is 11.5 Å². The number of hydrogen-bond donors (Lipinski definition) is 1. The van der Waals surface area contributed by atoms with Gasteiger partial charge in [0.05, 0.1) is 36.5 Å². The summed E-state index contributed by atoms with van der Waals surface area (Å²) in [5.41, 5.74) is 1.86. The highest BCUT2D eigenvalue weighted by Gasteiger charge is 2.31. The van der Waals surface area contributed by atoms with Crippen molar-refractivity contribution in [2.24, 2.45) is 0 Å². The van der Waals surface area contributed by atoms with Gasteiger partial charge in [0.25, 0.3) is 5.91 Å². The van der Waals surface area contributed by atoms with E-state index < -0.39 is 16.1 Å². The maximum absolute atomic E-state index is 15.2. The van der Waals surface area contributed by atoms with Crippen LogP contribution in [0.4, 0.5) is 10.1 Å². The second-order valence-corrected chi connectivity index (χ2v) is 10.6. The smallest absolute Gasteiger partial charge is 0.303 e. The third-order valence-corrected chi connectivity index (χ3v) is 7.67. The Morgan fingerprint density at radius 1 is 1.17 bits per heavy atom. The zero-order chi connectivity index (χ0) is 24.7. The molecule has 1 atom stereocenters. The number of pyridine rings is 1. The monoisotopic (exact) mass is 503 g/mol. The highest BCUT2D eigenvalue weighted by Crippen LogP contribution is 2.41. The summed E-state index contributed by atoms with van der Waals surface area (Å²) in [6, 6.07) is 6.49. The Bertz CT molecular complexity index is 1390. The summed E-state index contributed by atoms with van der Waals surface area (Å²) in [4.78, 5) is 14.8. The van der Waals surface area contributed by atoms with E-state index in [1.54, 1.807) is 18.3 Å². The summed E-state index contributed by atoms with van der Waals surface area (Å²) in [6.07, 6.45) is 5.36. The van der Waals surface area contributed by atoms with Gasteiger partial charge in [-0.2, -0.15) is 17.8 Å². The van der Waals surface area contributed by atoms with Crippen molar-refractivity contribution in [2.45, 2.75) is 25.3 Å². The number of halogens is 1. The quantitative estimate of drug-likeness (QED) is 0.570. The normalized spacial score (nSPS) is 18.2. The second-order valence-electron chi connectivity index (χ2n) is 8.71. The number of anilines is 1. The SMILES string of the molecule is CN(C)S(=O)(=O)NC(=O)c1cnn2ccc(N3CCCC3c3cc4c(cc3F)OCCCO4)cc12. The minimum Gasteiger partial charge on any atom is -0.490 e. The van der Waals surface area contributed by atoms with Crippen LogP contribution >= 0.6 is 0 Å². The molecule has 1 unspecified atom stereocenters. The molecule has 186 valence electrons. The van der Waals surface area contributed by atoms with E-state index in [1.165, 1.54) is 30.9 Å². The molecule has 1 fully saturated rings. The van der Waals surface area contributed by atoms with Crippen molar-refractivity contribution in [1.29, 1.82) is 0 Å². The Hall–Kier alpha value is -3.38. The van der Waals surface area contributed by atoms with Gasteiger partial charge in [0.15, 0.2) is 11.5 Å². The van der Waals surface area contributed by atoms with Gasteiger partial charge in [0.1, 0.15) is 5.82 Å². The lowest BCUT2D eigenvalue weighted by Crippen LogP contribution is -2.39. The Labute approximate surface area is 202 Å². The molecule has 5 rings (SSSR count). The number of fused-ring (bicyclic) bond motifs is 2. The number of benzene rings is 1. The number of rotatable bonds is 5. The number of amides is 1. The van der Waals surface area contributed by atoms with Crippen molar-refractivity contribution < 1.29 is 27.1 Å². The third kappa shape index (κ3) is 4.39. The number of nitrogens with zero attached hydrogens (tertiary/aromatic N) is 4. The van der Waals surface area contributed by atoms with Crippen LogP contribution in [0.2, 0.25) is 0 Å².